The first-order chi connectivity index (χ1) is 6.77. The van der Waals surface area contributed by atoms with Gasteiger partial charge in [-0.15, -0.1) is 0 Å². The summed E-state index contributed by atoms with van der Waals surface area (Å²) in [6, 6.07) is 4.86. The number of rotatable bonds is 1. The largest absolute Gasteiger partial charge is 0.333 e. The van der Waals surface area contributed by atoms with Gasteiger partial charge in [0.15, 0.2) is 11.0 Å². The summed E-state index contributed by atoms with van der Waals surface area (Å²) >= 11 is 7.22. The second kappa shape index (κ2) is 4.19. The third-order valence-electron chi connectivity index (χ3n) is 1.78. The van der Waals surface area contributed by atoms with Crippen molar-refractivity contribution in [2.24, 2.45) is 4.99 Å². The average Bonchev–Trinajstić information content (AvgIpc) is 2.66. The maximum atomic E-state index is 13.4. The second-order valence-electron chi connectivity index (χ2n) is 2.76. The van der Waals surface area contributed by atoms with Crippen molar-refractivity contribution in [3.05, 3.63) is 29.0 Å². The van der Waals surface area contributed by atoms with Gasteiger partial charge in [-0.3, -0.25) is 4.99 Å². The lowest BCUT2D eigenvalue weighted by Gasteiger charge is -2.06. The number of halogens is 2. The maximum absolute atomic E-state index is 13.4. The van der Waals surface area contributed by atoms with Crippen LogP contribution in [0.2, 0.25) is 5.02 Å². The molecule has 0 bridgehead atoms. The molecule has 1 heterocycles. The molecule has 0 radical (unpaired) electrons. The van der Waals surface area contributed by atoms with Crippen LogP contribution < -0.4 is 5.32 Å². The lowest BCUT2D eigenvalue weighted by atomic mass is 10.3. The van der Waals surface area contributed by atoms with E-state index in [2.05, 4.69) is 10.3 Å². The Balaban J connectivity index is 2.20. The summed E-state index contributed by atoms with van der Waals surface area (Å²) in [5.74, 6) is 0.522. The summed E-state index contributed by atoms with van der Waals surface area (Å²) in [5.41, 5.74) is 0.380. The topological polar surface area (TPSA) is 24.4 Å². The maximum Gasteiger partial charge on any atom is 0.165 e. The Morgan fingerprint density at radius 3 is 3.07 bits per heavy atom. The molecule has 74 valence electrons. The van der Waals surface area contributed by atoms with Gasteiger partial charge in [-0.25, -0.2) is 4.39 Å². The highest BCUT2D eigenvalue weighted by atomic mass is 35.5. The Bertz CT molecular complexity index is 381. The fraction of sp³-hybridized carbons (Fsp3) is 0.222. The molecule has 14 heavy (non-hydrogen) atoms. The Labute approximate surface area is 90.6 Å². The molecular weight excluding hydrogens is 223 g/mol. The normalized spacial score (nSPS) is 15.4. The minimum atomic E-state index is -0.427. The number of nitrogens with zero attached hydrogens (tertiary/aromatic N) is 1. The van der Waals surface area contributed by atoms with E-state index in [1.54, 1.807) is 23.9 Å². The summed E-state index contributed by atoms with van der Waals surface area (Å²) in [5, 5.41) is 3.78. The van der Waals surface area contributed by atoms with Gasteiger partial charge in [0.25, 0.3) is 0 Å². The fourth-order valence-electron chi connectivity index (χ4n) is 1.13. The van der Waals surface area contributed by atoms with Crippen molar-refractivity contribution in [1.82, 2.24) is 0 Å². The van der Waals surface area contributed by atoms with Crippen molar-refractivity contribution < 1.29 is 4.39 Å². The van der Waals surface area contributed by atoms with E-state index in [9.17, 15) is 4.39 Å². The predicted octanol–water partition coefficient (Wildman–Crippen LogP) is 2.99. The van der Waals surface area contributed by atoms with Crippen LogP contribution in [-0.2, 0) is 0 Å². The zero-order valence-corrected chi connectivity index (χ0v) is 8.83. The van der Waals surface area contributed by atoms with E-state index in [0.717, 1.165) is 17.5 Å². The SMILES string of the molecule is Fc1c(Cl)cccc1NC1=NCCS1. The summed E-state index contributed by atoms with van der Waals surface area (Å²) in [4.78, 5) is 4.16. The van der Waals surface area contributed by atoms with Crippen LogP contribution in [0.15, 0.2) is 23.2 Å². The number of aliphatic imine (C=N–C) groups is 1. The molecule has 0 amide bonds. The molecule has 0 saturated carbocycles. The number of thioether (sulfide) groups is 1. The molecule has 1 aromatic carbocycles. The number of amidine groups is 1. The first-order valence-corrected chi connectivity index (χ1v) is 5.52. The Kier molecular flexibility index (Phi) is 2.93. The second-order valence-corrected chi connectivity index (χ2v) is 4.25. The molecule has 0 spiro atoms. The minimum Gasteiger partial charge on any atom is -0.333 e. The van der Waals surface area contributed by atoms with Crippen LogP contribution in [0.4, 0.5) is 10.1 Å². The number of anilines is 1. The lowest BCUT2D eigenvalue weighted by molar-refractivity contribution is 0.632. The number of benzene rings is 1. The zero-order chi connectivity index (χ0) is 9.97. The van der Waals surface area contributed by atoms with Gasteiger partial charge >= 0.3 is 0 Å². The smallest absolute Gasteiger partial charge is 0.165 e. The highest BCUT2D eigenvalue weighted by Crippen LogP contribution is 2.24. The number of nitrogens with one attached hydrogen (secondary N) is 1. The summed E-state index contributed by atoms with van der Waals surface area (Å²) in [7, 11) is 0. The molecule has 1 aliphatic heterocycles. The van der Waals surface area contributed by atoms with E-state index < -0.39 is 5.82 Å². The van der Waals surface area contributed by atoms with Crippen LogP contribution in [-0.4, -0.2) is 17.5 Å². The van der Waals surface area contributed by atoms with Gasteiger partial charge in [-0.2, -0.15) is 0 Å². The van der Waals surface area contributed by atoms with E-state index >= 15 is 0 Å². The molecule has 0 saturated heterocycles. The average molecular weight is 231 g/mol. The molecule has 2 nitrogen and oxygen atoms in total. The quantitative estimate of drug-likeness (QED) is 0.802. The van der Waals surface area contributed by atoms with Crippen LogP contribution in [0.1, 0.15) is 0 Å². The van der Waals surface area contributed by atoms with E-state index in [-0.39, 0.29) is 5.02 Å². The van der Waals surface area contributed by atoms with Gasteiger partial charge < -0.3 is 5.32 Å². The van der Waals surface area contributed by atoms with Crippen molar-refractivity contribution in [3.8, 4) is 0 Å². The van der Waals surface area contributed by atoms with E-state index in [1.165, 1.54) is 6.07 Å². The molecule has 2 rings (SSSR count). The van der Waals surface area contributed by atoms with Crippen LogP contribution in [0.25, 0.3) is 0 Å². The third kappa shape index (κ3) is 2.01. The molecule has 0 fully saturated rings. The standard InChI is InChI=1S/C9H8ClFN2S/c10-6-2-1-3-7(8(6)11)13-9-12-4-5-14-9/h1-3H,4-5H2,(H,12,13). The first-order valence-electron chi connectivity index (χ1n) is 4.15. The molecule has 0 atom stereocenters. The van der Waals surface area contributed by atoms with Crippen molar-refractivity contribution >= 4 is 34.2 Å². The molecule has 0 unspecified atom stereocenters. The van der Waals surface area contributed by atoms with Gasteiger partial charge in [-0.1, -0.05) is 29.4 Å². The molecule has 5 heteroatoms. The first kappa shape index (κ1) is 9.80. The van der Waals surface area contributed by atoms with Gasteiger partial charge in [0.05, 0.1) is 17.3 Å². The van der Waals surface area contributed by atoms with Crippen molar-refractivity contribution in [2.45, 2.75) is 0 Å². The highest BCUT2D eigenvalue weighted by Gasteiger charge is 2.11. The van der Waals surface area contributed by atoms with Crippen molar-refractivity contribution in [2.75, 3.05) is 17.6 Å². The summed E-state index contributed by atoms with van der Waals surface area (Å²) in [6.07, 6.45) is 0. The molecule has 0 aliphatic carbocycles. The summed E-state index contributed by atoms with van der Waals surface area (Å²) < 4.78 is 13.4. The zero-order valence-electron chi connectivity index (χ0n) is 7.26. The van der Waals surface area contributed by atoms with Gasteiger partial charge in [-0.05, 0) is 12.1 Å². The monoisotopic (exact) mass is 230 g/mol. The van der Waals surface area contributed by atoms with Crippen molar-refractivity contribution in [3.63, 3.8) is 0 Å². The Morgan fingerprint density at radius 2 is 2.36 bits per heavy atom. The number of hydrogen-bond donors (Lipinski definition) is 1. The van der Waals surface area contributed by atoms with Crippen molar-refractivity contribution in [1.29, 1.82) is 0 Å². The minimum absolute atomic E-state index is 0.124. The highest BCUT2D eigenvalue weighted by molar-refractivity contribution is 8.14. The van der Waals surface area contributed by atoms with Crippen LogP contribution in [0.3, 0.4) is 0 Å². The Hall–Kier alpha value is -0.740. The molecular formula is C9H8ClFN2S. The van der Waals surface area contributed by atoms with Gasteiger partial charge in [0, 0.05) is 5.75 Å². The third-order valence-corrected chi connectivity index (χ3v) is 2.96. The summed E-state index contributed by atoms with van der Waals surface area (Å²) in [6.45, 7) is 0.787. The Morgan fingerprint density at radius 1 is 1.50 bits per heavy atom. The molecule has 1 aliphatic rings. The molecule has 1 aromatic rings. The van der Waals surface area contributed by atoms with Crippen LogP contribution in [0, 0.1) is 5.82 Å². The van der Waals surface area contributed by atoms with E-state index in [1.807, 2.05) is 0 Å². The lowest BCUT2D eigenvalue weighted by Crippen LogP contribution is -2.06. The van der Waals surface area contributed by atoms with Crippen LogP contribution >= 0.6 is 23.4 Å². The van der Waals surface area contributed by atoms with Gasteiger partial charge in [0.2, 0.25) is 0 Å². The fourth-order valence-corrected chi connectivity index (χ4v) is 2.04. The van der Waals surface area contributed by atoms with Gasteiger partial charge in [0.1, 0.15) is 0 Å². The predicted molar refractivity (Wildman–Crippen MR) is 59.8 cm³/mol. The number of hydrogen-bond acceptors (Lipinski definition) is 3. The van der Waals surface area contributed by atoms with E-state index in [4.69, 9.17) is 11.6 Å². The van der Waals surface area contributed by atoms with Crippen LogP contribution in [0.5, 0.6) is 0 Å². The molecule has 0 aromatic heterocycles. The molecule has 1 N–H and O–H groups in total. The van der Waals surface area contributed by atoms with E-state index in [0.29, 0.717) is 5.69 Å².